The second-order valence-electron chi connectivity index (χ2n) is 6.61. The minimum atomic E-state index is -4.30. The molecule has 1 aliphatic heterocycles. The Morgan fingerprint density at radius 3 is 2.11 bits per heavy atom. The summed E-state index contributed by atoms with van der Waals surface area (Å²) in [4.78, 5) is 24.8. The van der Waals surface area contributed by atoms with Gasteiger partial charge in [-0.1, -0.05) is 6.07 Å². The summed E-state index contributed by atoms with van der Waals surface area (Å²) in [6, 6.07) is 4.28. The van der Waals surface area contributed by atoms with Gasteiger partial charge in [0.15, 0.2) is 4.90 Å². The lowest BCUT2D eigenvalue weighted by atomic mass is 10.3. The fraction of sp³-hybridized carbons (Fsp3) is 0.412. The maximum Gasteiger partial charge on any atom is 0.330 e. The molecular weight excluding hydrogens is 394 g/mol. The molecule has 2 aromatic rings. The van der Waals surface area contributed by atoms with Crippen molar-refractivity contribution in [2.75, 3.05) is 26.2 Å². The summed E-state index contributed by atoms with van der Waals surface area (Å²) in [5.41, 5.74) is -0.363. The van der Waals surface area contributed by atoms with Crippen LogP contribution in [-0.2, 0) is 30.7 Å². The highest BCUT2D eigenvalue weighted by Gasteiger charge is 2.33. The van der Waals surface area contributed by atoms with Crippen molar-refractivity contribution in [3.05, 3.63) is 62.4 Å². The highest BCUT2D eigenvalue weighted by molar-refractivity contribution is 7.89. The Bertz CT molecular complexity index is 1100. The molecule has 0 bridgehead atoms. The van der Waals surface area contributed by atoms with E-state index in [0.717, 1.165) is 27.1 Å². The first kappa shape index (κ1) is 20.4. The fourth-order valence-corrected chi connectivity index (χ4v) is 4.68. The van der Waals surface area contributed by atoms with Crippen molar-refractivity contribution < 1.29 is 17.2 Å². The van der Waals surface area contributed by atoms with E-state index in [0.29, 0.717) is 18.8 Å². The number of hydrogen-bond acceptors (Lipinski definition) is 5. The molecule has 0 aliphatic carbocycles. The standard InChI is InChI=1S/C17H20F2N4O4S/c1-20-12(10-15(24)21(2)17(20)25)11-22-6-8-23(9-7-22)28(26,27)16-13(18)4-3-5-14(16)19/h3-5,10H,6-9,11H2,1-2H3. The molecule has 0 saturated carbocycles. The van der Waals surface area contributed by atoms with Crippen molar-refractivity contribution in [1.29, 1.82) is 0 Å². The van der Waals surface area contributed by atoms with Crippen LogP contribution in [0, 0.1) is 11.6 Å². The third kappa shape index (κ3) is 3.64. The second kappa shape index (κ2) is 7.57. The number of nitrogens with zero attached hydrogens (tertiary/aromatic N) is 4. The highest BCUT2D eigenvalue weighted by Crippen LogP contribution is 2.23. The molecule has 0 spiro atoms. The van der Waals surface area contributed by atoms with Crippen LogP contribution in [0.3, 0.4) is 0 Å². The first-order valence-corrected chi connectivity index (χ1v) is 9.99. The summed E-state index contributed by atoms with van der Waals surface area (Å²) in [5, 5.41) is 0. The Morgan fingerprint density at radius 2 is 1.54 bits per heavy atom. The monoisotopic (exact) mass is 414 g/mol. The molecule has 0 radical (unpaired) electrons. The van der Waals surface area contributed by atoms with Crippen molar-refractivity contribution in [2.24, 2.45) is 14.1 Å². The van der Waals surface area contributed by atoms with Crippen molar-refractivity contribution in [2.45, 2.75) is 11.4 Å². The van der Waals surface area contributed by atoms with E-state index >= 15 is 0 Å². The van der Waals surface area contributed by atoms with Crippen molar-refractivity contribution in [3.63, 3.8) is 0 Å². The van der Waals surface area contributed by atoms with Gasteiger partial charge in [-0.15, -0.1) is 0 Å². The molecule has 28 heavy (non-hydrogen) atoms. The predicted octanol–water partition coefficient (Wildman–Crippen LogP) is -0.131. The van der Waals surface area contributed by atoms with E-state index in [9.17, 15) is 26.8 Å². The van der Waals surface area contributed by atoms with E-state index in [-0.39, 0.29) is 19.6 Å². The van der Waals surface area contributed by atoms with Crippen LogP contribution in [0.2, 0.25) is 0 Å². The number of aromatic nitrogens is 2. The lowest BCUT2D eigenvalue weighted by molar-refractivity contribution is 0.177. The van der Waals surface area contributed by atoms with Gasteiger partial charge in [-0.2, -0.15) is 4.31 Å². The molecular formula is C17H20F2N4O4S. The van der Waals surface area contributed by atoms with Crippen molar-refractivity contribution in [1.82, 2.24) is 18.3 Å². The summed E-state index contributed by atoms with van der Waals surface area (Å²) in [5.74, 6) is -2.25. The van der Waals surface area contributed by atoms with Gasteiger partial charge < -0.3 is 0 Å². The SMILES string of the molecule is Cn1c(CN2CCN(S(=O)(=O)c3c(F)cccc3F)CC2)cc(=O)n(C)c1=O. The van der Waals surface area contributed by atoms with Crippen LogP contribution in [0.5, 0.6) is 0 Å². The molecule has 1 aromatic carbocycles. The topological polar surface area (TPSA) is 84.6 Å². The molecule has 0 atom stereocenters. The molecule has 0 unspecified atom stereocenters. The minimum absolute atomic E-state index is 0.0366. The predicted molar refractivity (Wildman–Crippen MR) is 97.3 cm³/mol. The maximum absolute atomic E-state index is 13.9. The van der Waals surface area contributed by atoms with Crippen LogP contribution in [0.15, 0.2) is 38.8 Å². The zero-order valence-electron chi connectivity index (χ0n) is 15.4. The van der Waals surface area contributed by atoms with Crippen molar-refractivity contribution in [3.8, 4) is 0 Å². The Hall–Kier alpha value is -2.37. The van der Waals surface area contributed by atoms with Gasteiger partial charge in [0.1, 0.15) is 11.6 Å². The van der Waals surface area contributed by atoms with Crippen LogP contribution in [-0.4, -0.2) is 52.9 Å². The third-order valence-electron chi connectivity index (χ3n) is 4.86. The van der Waals surface area contributed by atoms with Gasteiger partial charge in [-0.3, -0.25) is 18.8 Å². The average molecular weight is 414 g/mol. The van der Waals surface area contributed by atoms with Crippen LogP contribution in [0.4, 0.5) is 8.78 Å². The summed E-state index contributed by atoms with van der Waals surface area (Å²) in [6.07, 6.45) is 0. The fourth-order valence-electron chi connectivity index (χ4n) is 3.15. The summed E-state index contributed by atoms with van der Waals surface area (Å²) < 4.78 is 56.4. The molecule has 3 rings (SSSR count). The number of rotatable bonds is 4. The third-order valence-corrected chi connectivity index (χ3v) is 6.81. The maximum atomic E-state index is 13.9. The average Bonchev–Trinajstić information content (AvgIpc) is 2.64. The quantitative estimate of drug-likeness (QED) is 0.696. The number of sulfonamides is 1. The van der Waals surface area contributed by atoms with Crippen LogP contribution in [0.25, 0.3) is 0 Å². The number of piperazine rings is 1. The van der Waals surface area contributed by atoms with Crippen molar-refractivity contribution >= 4 is 10.0 Å². The van der Waals surface area contributed by atoms with E-state index in [1.807, 2.05) is 4.90 Å². The number of benzene rings is 1. The zero-order valence-corrected chi connectivity index (χ0v) is 16.2. The van der Waals surface area contributed by atoms with Gasteiger partial charge in [0, 0.05) is 58.6 Å². The Labute approximate surface area is 160 Å². The van der Waals surface area contributed by atoms with Crippen LogP contribution in [0.1, 0.15) is 5.69 Å². The molecule has 8 nitrogen and oxygen atoms in total. The summed E-state index contributed by atoms with van der Waals surface area (Å²) >= 11 is 0. The molecule has 1 saturated heterocycles. The van der Waals surface area contributed by atoms with Crippen LogP contribution < -0.4 is 11.2 Å². The molecule has 2 heterocycles. The lowest BCUT2D eigenvalue weighted by Crippen LogP contribution is -2.49. The Morgan fingerprint density at radius 1 is 0.964 bits per heavy atom. The lowest BCUT2D eigenvalue weighted by Gasteiger charge is -2.34. The van der Waals surface area contributed by atoms with Gasteiger partial charge >= 0.3 is 5.69 Å². The largest absolute Gasteiger partial charge is 0.330 e. The van der Waals surface area contributed by atoms with E-state index < -0.39 is 37.8 Å². The Kier molecular flexibility index (Phi) is 5.50. The highest BCUT2D eigenvalue weighted by atomic mass is 32.2. The first-order valence-electron chi connectivity index (χ1n) is 8.55. The molecule has 1 aromatic heterocycles. The second-order valence-corrected chi connectivity index (χ2v) is 8.48. The molecule has 1 aliphatic rings. The Balaban J connectivity index is 1.75. The van der Waals surface area contributed by atoms with E-state index in [1.54, 1.807) is 7.05 Å². The molecule has 11 heteroatoms. The number of hydrogen-bond donors (Lipinski definition) is 0. The van der Waals surface area contributed by atoms with Gasteiger partial charge in [-0.25, -0.2) is 22.0 Å². The summed E-state index contributed by atoms with van der Waals surface area (Å²) in [6.45, 7) is 0.935. The van der Waals surface area contributed by atoms with E-state index in [4.69, 9.17) is 0 Å². The van der Waals surface area contributed by atoms with Gasteiger partial charge in [0.25, 0.3) is 5.56 Å². The molecule has 152 valence electrons. The van der Waals surface area contributed by atoms with E-state index in [1.165, 1.54) is 17.7 Å². The molecule has 0 N–H and O–H groups in total. The van der Waals surface area contributed by atoms with E-state index in [2.05, 4.69) is 0 Å². The van der Waals surface area contributed by atoms with Gasteiger partial charge in [0.2, 0.25) is 10.0 Å². The number of halogens is 2. The zero-order chi connectivity index (χ0) is 20.6. The smallest absolute Gasteiger partial charge is 0.299 e. The van der Waals surface area contributed by atoms with Gasteiger partial charge in [0.05, 0.1) is 0 Å². The normalized spacial score (nSPS) is 16.4. The van der Waals surface area contributed by atoms with Crippen LogP contribution >= 0.6 is 0 Å². The van der Waals surface area contributed by atoms with Gasteiger partial charge in [-0.05, 0) is 12.1 Å². The summed E-state index contributed by atoms with van der Waals surface area (Å²) in [7, 11) is -1.36. The minimum Gasteiger partial charge on any atom is -0.299 e. The molecule has 0 amide bonds. The first-order chi connectivity index (χ1) is 13.1. The molecule has 1 fully saturated rings.